The van der Waals surface area contributed by atoms with E-state index in [0.717, 1.165) is 17.9 Å². The predicted octanol–water partition coefficient (Wildman–Crippen LogP) is 4.56. The molecule has 2 aromatic heterocycles. The summed E-state index contributed by atoms with van der Waals surface area (Å²) in [5, 5.41) is 11.2. The molecule has 11 nitrogen and oxygen atoms in total. The fourth-order valence-corrected chi connectivity index (χ4v) is 5.93. The molecule has 2 unspecified atom stereocenters. The summed E-state index contributed by atoms with van der Waals surface area (Å²) in [7, 11) is -4.41. The molecule has 0 spiro atoms. The lowest BCUT2D eigenvalue weighted by atomic mass is 10.1. The minimum Gasteiger partial charge on any atom is -0.378 e. The van der Waals surface area contributed by atoms with Gasteiger partial charge in [0.1, 0.15) is 11.8 Å². The summed E-state index contributed by atoms with van der Waals surface area (Å²) < 4.78 is 31.5. The van der Waals surface area contributed by atoms with Gasteiger partial charge in [0.25, 0.3) is 5.91 Å². The molecule has 1 fully saturated rings. The number of aryl methyl sites for hydroxylation is 1. The van der Waals surface area contributed by atoms with Gasteiger partial charge < -0.3 is 14.8 Å². The molecule has 14 heteroatoms. The zero-order valence-corrected chi connectivity index (χ0v) is 24.4. The van der Waals surface area contributed by atoms with Crippen LogP contribution in [0.5, 0.6) is 5.75 Å². The highest BCUT2D eigenvalue weighted by atomic mass is 35.5. The Balaban J connectivity index is 1.45. The first kappa shape index (κ1) is 28.8. The molecule has 2 N–H and O–H groups in total. The van der Waals surface area contributed by atoms with E-state index in [-0.39, 0.29) is 46.2 Å². The highest BCUT2D eigenvalue weighted by molar-refractivity contribution is 8.02. The van der Waals surface area contributed by atoms with Crippen molar-refractivity contribution in [2.24, 2.45) is 11.0 Å². The van der Waals surface area contributed by atoms with E-state index in [2.05, 4.69) is 25.7 Å². The van der Waals surface area contributed by atoms with Crippen LogP contribution in [0.4, 0.5) is 11.5 Å². The van der Waals surface area contributed by atoms with Crippen LogP contribution in [0.1, 0.15) is 42.1 Å². The largest absolute Gasteiger partial charge is 0.378 e. The summed E-state index contributed by atoms with van der Waals surface area (Å²) in [5.74, 6) is -0.497. The number of halogens is 2. The maximum atomic E-state index is 13.8. The molecule has 1 saturated carbocycles. The quantitative estimate of drug-likeness (QED) is 0.351. The molecule has 2 atom stereocenters. The molecule has 2 amide bonds. The number of aromatic nitrogens is 2. The second kappa shape index (κ2) is 11.6. The molecule has 1 aliphatic heterocycles. The molecule has 3 heterocycles. The second-order valence-corrected chi connectivity index (χ2v) is 12.2. The molecule has 41 heavy (non-hydrogen) atoms. The number of hydrazone groups is 1. The predicted molar refractivity (Wildman–Crippen MR) is 156 cm³/mol. The summed E-state index contributed by atoms with van der Waals surface area (Å²) >= 11 is 12.6. The lowest BCUT2D eigenvalue weighted by Gasteiger charge is -2.24. The van der Waals surface area contributed by atoms with E-state index in [1.807, 2.05) is 6.92 Å². The summed E-state index contributed by atoms with van der Waals surface area (Å²) in [6.07, 6.45) is 5.94. The number of pyridine rings is 2. The summed E-state index contributed by atoms with van der Waals surface area (Å²) in [5.41, 5.74) is 0.979. The number of amides is 2. The Hall–Kier alpha value is -3.74. The van der Waals surface area contributed by atoms with Crippen LogP contribution in [0.25, 0.3) is 0 Å². The lowest BCUT2D eigenvalue weighted by molar-refractivity contribution is -0.117. The molecule has 1 aliphatic carbocycles. The average molecular weight is 618 g/mol. The van der Waals surface area contributed by atoms with Crippen molar-refractivity contribution in [3.05, 3.63) is 76.2 Å². The van der Waals surface area contributed by atoms with Crippen LogP contribution in [0.2, 0.25) is 10.0 Å². The monoisotopic (exact) mass is 616 g/mol. The Morgan fingerprint density at radius 2 is 1.85 bits per heavy atom. The van der Waals surface area contributed by atoms with E-state index in [0.29, 0.717) is 16.5 Å². The molecule has 2 aliphatic rings. The third-order valence-corrected chi connectivity index (χ3v) is 8.52. The Bertz CT molecular complexity index is 1630. The number of carbonyl (C=O) groups excluding carboxylic acids is 2. The number of anilines is 2. The van der Waals surface area contributed by atoms with Crippen molar-refractivity contribution in [2.45, 2.75) is 45.2 Å². The van der Waals surface area contributed by atoms with Gasteiger partial charge in [-0.15, -0.1) is 0 Å². The van der Waals surface area contributed by atoms with Crippen molar-refractivity contribution in [3.63, 3.8) is 0 Å². The van der Waals surface area contributed by atoms with Crippen LogP contribution in [-0.4, -0.2) is 47.3 Å². The van der Waals surface area contributed by atoms with Crippen molar-refractivity contribution in [3.8, 4) is 5.75 Å². The van der Waals surface area contributed by atoms with Gasteiger partial charge in [-0.05, 0) is 62.4 Å². The highest BCUT2D eigenvalue weighted by Gasteiger charge is 2.41. The van der Waals surface area contributed by atoms with Gasteiger partial charge >= 0.3 is 10.1 Å². The van der Waals surface area contributed by atoms with Crippen molar-refractivity contribution in [1.82, 2.24) is 15.3 Å². The first-order valence-corrected chi connectivity index (χ1v) is 14.9. The molecule has 214 valence electrons. The van der Waals surface area contributed by atoms with Gasteiger partial charge in [0.05, 0.1) is 16.3 Å². The highest BCUT2D eigenvalue weighted by Crippen LogP contribution is 2.34. The third-order valence-electron chi connectivity index (χ3n) is 6.77. The molecule has 0 saturated heterocycles. The van der Waals surface area contributed by atoms with Crippen LogP contribution in [-0.2, 0) is 14.9 Å². The zero-order chi connectivity index (χ0) is 29.3. The van der Waals surface area contributed by atoms with E-state index in [1.165, 1.54) is 36.8 Å². The number of benzene rings is 1. The number of nitrogens with zero attached hydrogens (tertiary/aromatic N) is 4. The van der Waals surface area contributed by atoms with Crippen LogP contribution in [0, 0.1) is 12.8 Å². The summed E-state index contributed by atoms with van der Waals surface area (Å²) in [6.45, 7) is 3.64. The number of nitrogens with one attached hydrogen (secondary N) is 2. The van der Waals surface area contributed by atoms with Crippen molar-refractivity contribution < 1.29 is 22.2 Å². The van der Waals surface area contributed by atoms with Gasteiger partial charge in [0.15, 0.2) is 10.9 Å². The van der Waals surface area contributed by atoms with Crippen molar-refractivity contribution in [2.75, 3.05) is 10.3 Å². The van der Waals surface area contributed by atoms with E-state index in [4.69, 9.17) is 27.4 Å². The smallest absolute Gasteiger partial charge is 0.354 e. The first-order chi connectivity index (χ1) is 19.5. The topological polar surface area (TPSA) is 143 Å². The van der Waals surface area contributed by atoms with Crippen LogP contribution < -0.4 is 19.8 Å². The fourth-order valence-electron chi connectivity index (χ4n) is 4.44. The maximum absolute atomic E-state index is 13.8. The molecular formula is C27H26Cl2N6O5S. The average Bonchev–Trinajstić information content (AvgIpc) is 3.68. The van der Waals surface area contributed by atoms with Gasteiger partial charge in [-0.2, -0.15) is 13.5 Å². The van der Waals surface area contributed by atoms with Gasteiger partial charge in [-0.25, -0.2) is 9.99 Å². The van der Waals surface area contributed by atoms with Gasteiger partial charge in [-0.3, -0.25) is 14.6 Å². The van der Waals surface area contributed by atoms with E-state index in [1.54, 1.807) is 25.1 Å². The number of hydrogen-bond donors (Lipinski definition) is 2. The van der Waals surface area contributed by atoms with E-state index in [9.17, 15) is 18.0 Å². The Labute approximate surface area is 247 Å². The fraction of sp³-hybridized carbons (Fsp3) is 0.296. The number of hydrogen-bond acceptors (Lipinski definition) is 9. The second-order valence-electron chi connectivity index (χ2n) is 9.82. The standard InChI is InChI=1S/C27H26Cl2N6O5S/c1-15-12-18(28)13-20(26(36)32-16(2)17-5-6-17)24(15)33-27(37)22-14-23(34-35(22)25-21(29)4-3-9-31-25)41(38,39)40-19-7-10-30-11-8-19/h3-4,7-13,16-17,22H,5-6,14H2,1-2H3,(H,32,36)(H,33,37). The zero-order valence-electron chi connectivity index (χ0n) is 22.0. The number of rotatable bonds is 8. The Morgan fingerprint density at radius 1 is 1.12 bits per heavy atom. The van der Waals surface area contributed by atoms with Gasteiger partial charge in [0.2, 0.25) is 5.91 Å². The van der Waals surface area contributed by atoms with E-state index >= 15 is 0 Å². The molecule has 0 bridgehead atoms. The SMILES string of the molecule is Cc1cc(Cl)cc(C(=O)NC(C)C2CC2)c1NC(=O)C1CC(S(=O)(=O)Oc2ccncc2)=NN1c1ncccc1Cl. The molecular weight excluding hydrogens is 591 g/mol. The third kappa shape index (κ3) is 6.45. The van der Waals surface area contributed by atoms with Crippen molar-refractivity contribution in [1.29, 1.82) is 0 Å². The van der Waals surface area contributed by atoms with Crippen molar-refractivity contribution >= 4 is 61.7 Å². The van der Waals surface area contributed by atoms with Gasteiger partial charge in [-0.1, -0.05) is 23.2 Å². The van der Waals surface area contributed by atoms with Crippen LogP contribution in [0.15, 0.2) is 60.1 Å². The first-order valence-electron chi connectivity index (χ1n) is 12.8. The normalized spacial score (nSPS) is 17.5. The van der Waals surface area contributed by atoms with E-state index < -0.39 is 27.1 Å². The summed E-state index contributed by atoms with van der Waals surface area (Å²) in [4.78, 5) is 35.1. The molecule has 5 rings (SSSR count). The van der Waals surface area contributed by atoms with Gasteiger partial charge in [0, 0.05) is 48.2 Å². The lowest BCUT2D eigenvalue weighted by Crippen LogP contribution is -2.40. The maximum Gasteiger partial charge on any atom is 0.354 e. The number of carbonyl (C=O) groups is 2. The van der Waals surface area contributed by atoms with Crippen LogP contribution >= 0.6 is 23.2 Å². The Morgan fingerprint density at radius 3 is 2.54 bits per heavy atom. The Kier molecular flexibility index (Phi) is 8.16. The summed E-state index contributed by atoms with van der Waals surface area (Å²) in [6, 6.07) is 7.77. The molecule has 3 aromatic rings. The minimum atomic E-state index is -4.41. The molecule has 0 radical (unpaired) electrons. The van der Waals surface area contributed by atoms with Crippen LogP contribution in [0.3, 0.4) is 0 Å². The minimum absolute atomic E-state index is 0.0332. The molecule has 1 aromatic carbocycles.